The molecule has 0 unspecified atom stereocenters. The molecule has 1 N–H and O–H groups in total. The van der Waals surface area contributed by atoms with Crippen molar-refractivity contribution in [1.82, 2.24) is 14.9 Å². The lowest BCUT2D eigenvalue weighted by atomic mass is 9.74. The molecule has 5 nitrogen and oxygen atoms in total. The van der Waals surface area contributed by atoms with Gasteiger partial charge in [0.1, 0.15) is 11.9 Å². The van der Waals surface area contributed by atoms with E-state index in [1.165, 1.54) is 0 Å². The molecule has 182 valence electrons. The van der Waals surface area contributed by atoms with Crippen LogP contribution in [0.4, 0.5) is 4.39 Å². The molecule has 1 atom stereocenters. The Hall–Kier alpha value is -2.22. The summed E-state index contributed by atoms with van der Waals surface area (Å²) in [5.74, 6) is 1.70. The Balaban J connectivity index is 1.34. The third kappa shape index (κ3) is 5.88. The number of aryl methyl sites for hydroxylation is 1. The Bertz CT molecular complexity index is 1070. The molecule has 1 saturated heterocycles. The van der Waals surface area contributed by atoms with Crippen LogP contribution in [0.2, 0.25) is 0 Å². The Morgan fingerprint density at radius 1 is 1.21 bits per heavy atom. The lowest BCUT2D eigenvalue weighted by molar-refractivity contribution is 0.0323. The average molecular weight is 484 g/mol. The molecule has 3 aromatic rings. The minimum Gasteiger partial charge on any atom is -0.497 e. The highest BCUT2D eigenvalue weighted by Crippen LogP contribution is 2.41. The fraction of sp³-hybridized carbons (Fsp3) is 0.481. The van der Waals surface area contributed by atoms with E-state index in [1.807, 2.05) is 49.5 Å². The molecule has 0 spiro atoms. The van der Waals surface area contributed by atoms with Crippen LogP contribution in [0, 0.1) is 12.3 Å². The number of ether oxygens (including phenoxy) is 1. The standard InChI is InChI=1S/C27H34FN3O2S/c1-20-18-30-24-7-6-21(33-2)17-22(24)26(20)23(28)8-9-27(19-32)10-13-31(14-11-27)15-16-34-25-5-3-4-12-29-25/h3-7,12,17-18,23,32H,8-11,13-16,19H2,1-2H3/t23-/m1/s1. The summed E-state index contributed by atoms with van der Waals surface area (Å²) in [4.78, 5) is 11.3. The van der Waals surface area contributed by atoms with E-state index in [-0.39, 0.29) is 12.0 Å². The van der Waals surface area contributed by atoms with E-state index in [9.17, 15) is 5.11 Å². The molecule has 4 rings (SSSR count). The van der Waals surface area contributed by atoms with E-state index in [2.05, 4.69) is 14.9 Å². The summed E-state index contributed by atoms with van der Waals surface area (Å²) in [5, 5.41) is 12.1. The van der Waals surface area contributed by atoms with Gasteiger partial charge in [-0.2, -0.15) is 0 Å². The Labute approximate surface area is 205 Å². The summed E-state index contributed by atoms with van der Waals surface area (Å²) in [6.07, 6.45) is 5.34. The fourth-order valence-electron chi connectivity index (χ4n) is 4.86. The second-order valence-electron chi connectivity index (χ2n) is 9.26. The van der Waals surface area contributed by atoms with Crippen molar-refractivity contribution in [3.05, 3.63) is 59.9 Å². The molecule has 0 amide bonds. The van der Waals surface area contributed by atoms with Gasteiger partial charge in [0.15, 0.2) is 0 Å². The predicted octanol–water partition coefficient (Wildman–Crippen LogP) is 5.60. The van der Waals surface area contributed by atoms with E-state index < -0.39 is 6.17 Å². The lowest BCUT2D eigenvalue weighted by Gasteiger charge is -2.41. The number of hydrogen-bond acceptors (Lipinski definition) is 6. The van der Waals surface area contributed by atoms with Gasteiger partial charge in [-0.05, 0) is 92.6 Å². The van der Waals surface area contributed by atoms with Gasteiger partial charge >= 0.3 is 0 Å². The quantitative estimate of drug-likeness (QED) is 0.379. The maximum Gasteiger partial charge on any atom is 0.126 e. The third-order valence-electron chi connectivity index (χ3n) is 7.10. The van der Waals surface area contributed by atoms with Crippen LogP contribution in [0.3, 0.4) is 0 Å². The number of pyridine rings is 2. The molecule has 0 bridgehead atoms. The minimum atomic E-state index is -1.10. The number of thioether (sulfide) groups is 1. The zero-order valence-corrected chi connectivity index (χ0v) is 20.9. The van der Waals surface area contributed by atoms with E-state index in [0.717, 1.165) is 59.7 Å². The topological polar surface area (TPSA) is 58.5 Å². The van der Waals surface area contributed by atoms with Crippen molar-refractivity contribution in [3.8, 4) is 5.75 Å². The van der Waals surface area contributed by atoms with Gasteiger partial charge in [-0.3, -0.25) is 4.98 Å². The highest BCUT2D eigenvalue weighted by Gasteiger charge is 2.35. The largest absolute Gasteiger partial charge is 0.497 e. The number of fused-ring (bicyclic) bond motifs is 1. The molecule has 2 aromatic heterocycles. The second kappa shape index (κ2) is 11.5. The van der Waals surface area contributed by atoms with Crippen molar-refractivity contribution in [1.29, 1.82) is 0 Å². The van der Waals surface area contributed by atoms with E-state index >= 15 is 4.39 Å². The maximum absolute atomic E-state index is 15.7. The first-order chi connectivity index (χ1) is 16.5. The number of aliphatic hydroxyl groups excluding tert-OH is 1. The monoisotopic (exact) mass is 483 g/mol. The van der Waals surface area contributed by atoms with Crippen LogP contribution >= 0.6 is 11.8 Å². The normalized spacial score (nSPS) is 17.1. The van der Waals surface area contributed by atoms with Gasteiger partial charge in [0.2, 0.25) is 0 Å². The predicted molar refractivity (Wildman–Crippen MR) is 136 cm³/mol. The highest BCUT2D eigenvalue weighted by atomic mass is 32.2. The number of aromatic nitrogens is 2. The molecule has 0 aliphatic carbocycles. The van der Waals surface area contributed by atoms with E-state index in [4.69, 9.17) is 4.74 Å². The molecule has 0 radical (unpaired) electrons. The van der Waals surface area contributed by atoms with Crippen LogP contribution < -0.4 is 4.74 Å². The van der Waals surface area contributed by atoms with Gasteiger partial charge in [0.25, 0.3) is 0 Å². The summed E-state index contributed by atoms with van der Waals surface area (Å²) >= 11 is 1.77. The van der Waals surface area contributed by atoms with Crippen molar-refractivity contribution in [2.24, 2.45) is 5.41 Å². The first-order valence-electron chi connectivity index (χ1n) is 12.0. The van der Waals surface area contributed by atoms with Crippen molar-refractivity contribution >= 4 is 22.7 Å². The number of halogens is 1. The third-order valence-corrected chi connectivity index (χ3v) is 8.03. The maximum atomic E-state index is 15.7. The van der Waals surface area contributed by atoms with Crippen LogP contribution in [-0.4, -0.2) is 59.1 Å². The first kappa shape index (κ1) is 24.9. The zero-order chi connectivity index (χ0) is 24.0. The summed E-state index contributed by atoms with van der Waals surface area (Å²) in [6.45, 7) is 4.90. The van der Waals surface area contributed by atoms with Crippen LogP contribution in [0.25, 0.3) is 10.9 Å². The van der Waals surface area contributed by atoms with Gasteiger partial charge in [-0.1, -0.05) is 6.07 Å². The molecule has 7 heteroatoms. The van der Waals surface area contributed by atoms with Crippen LogP contribution in [0.5, 0.6) is 5.75 Å². The molecule has 34 heavy (non-hydrogen) atoms. The van der Waals surface area contributed by atoms with Crippen LogP contribution in [-0.2, 0) is 0 Å². The minimum absolute atomic E-state index is 0.111. The first-order valence-corrected chi connectivity index (χ1v) is 13.0. The molecule has 1 aliphatic heterocycles. The van der Waals surface area contributed by atoms with Crippen LogP contribution in [0.15, 0.2) is 53.8 Å². The van der Waals surface area contributed by atoms with E-state index in [1.54, 1.807) is 25.1 Å². The molecule has 3 heterocycles. The molecule has 0 saturated carbocycles. The van der Waals surface area contributed by atoms with Gasteiger partial charge in [0, 0.05) is 36.7 Å². The molecule has 1 fully saturated rings. The SMILES string of the molecule is COc1ccc2ncc(C)c([C@H](F)CCC3(CO)CCN(CCSc4ccccn4)CC3)c2c1. The molecular weight excluding hydrogens is 449 g/mol. The van der Waals surface area contributed by atoms with Gasteiger partial charge in [-0.25, -0.2) is 9.37 Å². The number of piperidine rings is 1. The Morgan fingerprint density at radius 2 is 2.03 bits per heavy atom. The molecule has 1 aromatic carbocycles. The van der Waals surface area contributed by atoms with Crippen molar-refractivity contribution in [2.45, 2.75) is 43.8 Å². The Kier molecular flexibility index (Phi) is 8.40. The number of benzene rings is 1. The number of nitrogens with zero attached hydrogens (tertiary/aromatic N) is 3. The van der Waals surface area contributed by atoms with Crippen LogP contribution in [0.1, 0.15) is 43.0 Å². The fourth-order valence-corrected chi connectivity index (χ4v) is 5.73. The number of methoxy groups -OCH3 is 1. The zero-order valence-electron chi connectivity index (χ0n) is 20.0. The lowest BCUT2D eigenvalue weighted by Crippen LogP contribution is -2.42. The van der Waals surface area contributed by atoms with Gasteiger partial charge in [0.05, 0.1) is 17.7 Å². The average Bonchev–Trinajstić information content (AvgIpc) is 2.88. The summed E-state index contributed by atoms with van der Waals surface area (Å²) in [5.41, 5.74) is 2.12. The smallest absolute Gasteiger partial charge is 0.126 e. The number of rotatable bonds is 10. The van der Waals surface area contributed by atoms with Gasteiger partial charge in [-0.15, -0.1) is 11.8 Å². The number of alkyl halides is 1. The number of aliphatic hydroxyl groups is 1. The van der Waals surface area contributed by atoms with Crippen molar-refractivity contribution < 1.29 is 14.2 Å². The second-order valence-corrected chi connectivity index (χ2v) is 10.4. The summed E-state index contributed by atoms with van der Waals surface area (Å²) in [7, 11) is 1.62. The number of hydrogen-bond donors (Lipinski definition) is 1. The summed E-state index contributed by atoms with van der Waals surface area (Å²) in [6, 6.07) is 11.6. The Morgan fingerprint density at radius 3 is 2.74 bits per heavy atom. The summed E-state index contributed by atoms with van der Waals surface area (Å²) < 4.78 is 21.0. The number of likely N-dealkylation sites (tertiary alicyclic amines) is 1. The van der Waals surface area contributed by atoms with Gasteiger partial charge < -0.3 is 14.7 Å². The highest BCUT2D eigenvalue weighted by molar-refractivity contribution is 7.99. The van der Waals surface area contributed by atoms with Crippen molar-refractivity contribution in [2.75, 3.05) is 39.1 Å². The molecule has 1 aliphatic rings. The molecular formula is C27H34FN3O2S. The van der Waals surface area contributed by atoms with E-state index in [0.29, 0.717) is 24.2 Å². The van der Waals surface area contributed by atoms with Crippen molar-refractivity contribution in [3.63, 3.8) is 0 Å².